The fraction of sp³-hybridized carbons (Fsp3) is 0.188. The Balaban J connectivity index is 1.96. The van der Waals surface area contributed by atoms with Gasteiger partial charge in [-0.05, 0) is 35.4 Å². The van der Waals surface area contributed by atoms with Crippen LogP contribution < -0.4 is 10.1 Å². The lowest BCUT2D eigenvalue weighted by Crippen LogP contribution is -2.12. The van der Waals surface area contributed by atoms with Crippen LogP contribution in [0.3, 0.4) is 0 Å². The molecule has 0 aliphatic carbocycles. The first-order valence-electron chi connectivity index (χ1n) is 6.25. The van der Waals surface area contributed by atoms with E-state index in [4.69, 9.17) is 10.00 Å². The number of nitrogens with zero attached hydrogens (tertiary/aromatic N) is 1. The first-order chi connectivity index (χ1) is 9.72. The van der Waals surface area contributed by atoms with E-state index >= 15 is 0 Å². The van der Waals surface area contributed by atoms with Gasteiger partial charge in [0, 0.05) is 13.1 Å². The predicted octanol–water partition coefficient (Wildman–Crippen LogP) is 3.00. The first-order valence-corrected chi connectivity index (χ1v) is 6.25. The summed E-state index contributed by atoms with van der Waals surface area (Å²) in [7, 11) is 1.54. The van der Waals surface area contributed by atoms with Crippen molar-refractivity contribution in [3.63, 3.8) is 0 Å². The van der Waals surface area contributed by atoms with Gasteiger partial charge in [0.1, 0.15) is 17.6 Å². The minimum atomic E-state index is -0.236. The van der Waals surface area contributed by atoms with Crippen LogP contribution in [0.1, 0.15) is 16.7 Å². The third-order valence-electron chi connectivity index (χ3n) is 2.93. The minimum Gasteiger partial charge on any atom is -0.495 e. The maximum atomic E-state index is 13.0. The van der Waals surface area contributed by atoms with Gasteiger partial charge in [-0.15, -0.1) is 0 Å². The van der Waals surface area contributed by atoms with E-state index in [0.717, 1.165) is 11.1 Å². The summed E-state index contributed by atoms with van der Waals surface area (Å²) < 4.78 is 18.1. The fourth-order valence-corrected chi connectivity index (χ4v) is 1.95. The average Bonchev–Trinajstić information content (AvgIpc) is 2.47. The van der Waals surface area contributed by atoms with Crippen LogP contribution in [0.2, 0.25) is 0 Å². The summed E-state index contributed by atoms with van der Waals surface area (Å²) in [5.41, 5.74) is 2.38. The Morgan fingerprint density at radius 2 is 1.90 bits per heavy atom. The quantitative estimate of drug-likeness (QED) is 0.908. The van der Waals surface area contributed by atoms with E-state index in [1.807, 2.05) is 12.1 Å². The van der Waals surface area contributed by atoms with Crippen molar-refractivity contribution in [2.75, 3.05) is 7.11 Å². The van der Waals surface area contributed by atoms with Crippen molar-refractivity contribution in [3.05, 3.63) is 65.0 Å². The zero-order chi connectivity index (χ0) is 14.4. The second-order valence-electron chi connectivity index (χ2n) is 4.38. The van der Waals surface area contributed by atoms with Crippen molar-refractivity contribution >= 4 is 0 Å². The topological polar surface area (TPSA) is 45.0 Å². The van der Waals surface area contributed by atoms with E-state index in [-0.39, 0.29) is 5.82 Å². The normalized spacial score (nSPS) is 10.1. The molecule has 20 heavy (non-hydrogen) atoms. The SMILES string of the molecule is COc1ccc(CNCc2cccc(F)c2)cc1C#N. The number of nitriles is 1. The molecule has 0 amide bonds. The van der Waals surface area contributed by atoms with Gasteiger partial charge < -0.3 is 10.1 Å². The number of rotatable bonds is 5. The van der Waals surface area contributed by atoms with Gasteiger partial charge in [0.2, 0.25) is 0 Å². The van der Waals surface area contributed by atoms with Gasteiger partial charge in [0.15, 0.2) is 0 Å². The fourth-order valence-electron chi connectivity index (χ4n) is 1.95. The highest BCUT2D eigenvalue weighted by atomic mass is 19.1. The molecule has 0 unspecified atom stereocenters. The summed E-state index contributed by atoms with van der Waals surface area (Å²) in [4.78, 5) is 0. The average molecular weight is 270 g/mol. The Morgan fingerprint density at radius 1 is 1.15 bits per heavy atom. The summed E-state index contributed by atoms with van der Waals surface area (Å²) in [6.07, 6.45) is 0. The third-order valence-corrected chi connectivity index (χ3v) is 2.93. The van der Waals surface area contributed by atoms with Crippen LogP contribution in [0, 0.1) is 17.1 Å². The smallest absolute Gasteiger partial charge is 0.136 e. The van der Waals surface area contributed by atoms with Crippen molar-refractivity contribution in [1.82, 2.24) is 5.32 Å². The van der Waals surface area contributed by atoms with Crippen LogP contribution in [-0.2, 0) is 13.1 Å². The van der Waals surface area contributed by atoms with Gasteiger partial charge in [-0.1, -0.05) is 18.2 Å². The van der Waals surface area contributed by atoms with E-state index in [0.29, 0.717) is 24.4 Å². The van der Waals surface area contributed by atoms with E-state index in [1.54, 1.807) is 18.2 Å². The summed E-state index contributed by atoms with van der Waals surface area (Å²) in [5.74, 6) is 0.335. The van der Waals surface area contributed by atoms with Crippen molar-refractivity contribution in [2.45, 2.75) is 13.1 Å². The molecule has 0 atom stereocenters. The van der Waals surface area contributed by atoms with E-state index in [9.17, 15) is 4.39 Å². The number of nitrogens with one attached hydrogen (secondary N) is 1. The van der Waals surface area contributed by atoms with Crippen LogP contribution in [0.15, 0.2) is 42.5 Å². The van der Waals surface area contributed by atoms with Gasteiger partial charge in [-0.2, -0.15) is 5.26 Å². The van der Waals surface area contributed by atoms with Gasteiger partial charge in [-0.25, -0.2) is 4.39 Å². The molecule has 0 aromatic heterocycles. The van der Waals surface area contributed by atoms with Crippen LogP contribution in [0.5, 0.6) is 5.75 Å². The van der Waals surface area contributed by atoms with E-state index < -0.39 is 0 Å². The largest absolute Gasteiger partial charge is 0.495 e. The van der Waals surface area contributed by atoms with E-state index in [1.165, 1.54) is 19.2 Å². The molecule has 0 saturated carbocycles. The molecule has 0 bridgehead atoms. The molecule has 0 radical (unpaired) electrons. The molecule has 0 heterocycles. The Kier molecular flexibility index (Phi) is 4.70. The molecule has 2 aromatic rings. The van der Waals surface area contributed by atoms with Crippen molar-refractivity contribution in [2.24, 2.45) is 0 Å². The predicted molar refractivity (Wildman–Crippen MR) is 74.7 cm³/mol. The molecular weight excluding hydrogens is 255 g/mol. The summed E-state index contributed by atoms with van der Waals surface area (Å²) in [6, 6.07) is 14.0. The Labute approximate surface area is 117 Å². The maximum absolute atomic E-state index is 13.0. The monoisotopic (exact) mass is 270 g/mol. The lowest BCUT2D eigenvalue weighted by Gasteiger charge is -2.08. The lowest BCUT2D eigenvalue weighted by molar-refractivity contribution is 0.413. The summed E-state index contributed by atoms with van der Waals surface area (Å²) >= 11 is 0. The highest BCUT2D eigenvalue weighted by molar-refractivity contribution is 5.45. The molecule has 4 heteroatoms. The van der Waals surface area contributed by atoms with E-state index in [2.05, 4.69) is 11.4 Å². The summed E-state index contributed by atoms with van der Waals surface area (Å²) in [6.45, 7) is 1.18. The molecule has 102 valence electrons. The third kappa shape index (κ3) is 3.56. The van der Waals surface area contributed by atoms with Crippen molar-refractivity contribution in [1.29, 1.82) is 5.26 Å². The minimum absolute atomic E-state index is 0.236. The molecule has 3 nitrogen and oxygen atoms in total. The van der Waals surface area contributed by atoms with Gasteiger partial charge in [0.25, 0.3) is 0 Å². The van der Waals surface area contributed by atoms with Crippen molar-refractivity contribution in [3.8, 4) is 11.8 Å². The van der Waals surface area contributed by atoms with Crippen LogP contribution >= 0.6 is 0 Å². The number of hydrogen-bond acceptors (Lipinski definition) is 3. The molecule has 0 aliphatic heterocycles. The van der Waals surface area contributed by atoms with Crippen molar-refractivity contribution < 1.29 is 9.13 Å². The molecule has 0 fully saturated rings. The molecular formula is C16H15FN2O. The number of benzene rings is 2. The Bertz CT molecular complexity index is 635. The highest BCUT2D eigenvalue weighted by Crippen LogP contribution is 2.18. The molecule has 1 N–H and O–H groups in total. The van der Waals surface area contributed by atoms with Crippen LogP contribution in [0.25, 0.3) is 0 Å². The second kappa shape index (κ2) is 6.69. The van der Waals surface area contributed by atoms with Crippen LogP contribution in [-0.4, -0.2) is 7.11 Å². The molecule has 2 aromatic carbocycles. The highest BCUT2D eigenvalue weighted by Gasteiger charge is 2.03. The van der Waals surface area contributed by atoms with Gasteiger partial charge in [-0.3, -0.25) is 0 Å². The van der Waals surface area contributed by atoms with Gasteiger partial charge >= 0.3 is 0 Å². The molecule has 0 spiro atoms. The Morgan fingerprint density at radius 3 is 2.55 bits per heavy atom. The standard InChI is InChI=1S/C16H15FN2O/c1-20-16-6-5-13(7-14(16)9-18)11-19-10-12-3-2-4-15(17)8-12/h2-8,19H,10-11H2,1H3. The molecule has 0 saturated heterocycles. The van der Waals surface area contributed by atoms with Crippen LogP contribution in [0.4, 0.5) is 4.39 Å². The first kappa shape index (κ1) is 14.0. The zero-order valence-corrected chi connectivity index (χ0v) is 11.2. The zero-order valence-electron chi connectivity index (χ0n) is 11.2. The number of hydrogen-bond donors (Lipinski definition) is 1. The second-order valence-corrected chi connectivity index (χ2v) is 4.38. The Hall–Kier alpha value is -2.38. The summed E-state index contributed by atoms with van der Waals surface area (Å²) in [5, 5.41) is 12.2. The maximum Gasteiger partial charge on any atom is 0.136 e. The number of methoxy groups -OCH3 is 1. The van der Waals surface area contributed by atoms with Gasteiger partial charge in [0.05, 0.1) is 12.7 Å². The lowest BCUT2D eigenvalue weighted by atomic mass is 10.1. The molecule has 2 rings (SSSR count). The molecule has 0 aliphatic rings. The number of ether oxygens (including phenoxy) is 1. The number of halogens is 1.